The smallest absolute Gasteiger partial charge is 0.302 e. The van der Waals surface area contributed by atoms with E-state index in [2.05, 4.69) is 55.5 Å². The van der Waals surface area contributed by atoms with Crippen molar-refractivity contribution in [3.63, 3.8) is 0 Å². The molecule has 1 aliphatic heterocycles. The van der Waals surface area contributed by atoms with Crippen molar-refractivity contribution in [2.24, 2.45) is 0 Å². The molecule has 37 heavy (non-hydrogen) atoms. The number of esters is 1. The molecule has 0 unspecified atom stereocenters. The number of hydrogen-bond acceptors (Lipinski definition) is 5. The normalized spacial score (nSPS) is 17.1. The van der Waals surface area contributed by atoms with Crippen LogP contribution in [0.1, 0.15) is 52.7 Å². The number of benzene rings is 3. The molecule has 0 aliphatic carbocycles. The van der Waals surface area contributed by atoms with Crippen molar-refractivity contribution >= 4 is 11.7 Å². The topological polar surface area (TPSA) is 52.9 Å². The SMILES string of the molecule is COn1c(C)c2c(c1CCOC(C)=O)[C@@H](c1ccccc1)N(c1ccccc1)O[C@@H](c1ccccc1)C2. The Balaban J connectivity index is 1.75. The van der Waals surface area contributed by atoms with Crippen LogP contribution in [0.15, 0.2) is 91.0 Å². The third kappa shape index (κ3) is 4.98. The third-order valence-electron chi connectivity index (χ3n) is 6.88. The van der Waals surface area contributed by atoms with E-state index in [4.69, 9.17) is 14.4 Å². The van der Waals surface area contributed by atoms with Crippen molar-refractivity contribution in [2.75, 3.05) is 18.8 Å². The Morgan fingerprint density at radius 1 is 0.919 bits per heavy atom. The Kier molecular flexibility index (Phi) is 7.28. The first-order valence-corrected chi connectivity index (χ1v) is 12.6. The zero-order valence-electron chi connectivity index (χ0n) is 21.5. The first kappa shape index (κ1) is 24.7. The highest BCUT2D eigenvalue weighted by atomic mass is 16.7. The maximum absolute atomic E-state index is 11.6. The van der Waals surface area contributed by atoms with E-state index in [0.29, 0.717) is 12.8 Å². The lowest BCUT2D eigenvalue weighted by Crippen LogP contribution is -2.31. The van der Waals surface area contributed by atoms with Crippen molar-refractivity contribution < 1.29 is 19.2 Å². The Hall–Kier alpha value is -4.03. The number of para-hydroxylation sites is 1. The predicted octanol–water partition coefficient (Wildman–Crippen LogP) is 5.79. The summed E-state index contributed by atoms with van der Waals surface area (Å²) in [6.45, 7) is 3.79. The van der Waals surface area contributed by atoms with Crippen LogP contribution in [-0.4, -0.2) is 24.4 Å². The molecule has 3 aromatic carbocycles. The van der Waals surface area contributed by atoms with E-state index in [1.54, 1.807) is 7.11 Å². The molecule has 0 N–H and O–H groups in total. The minimum absolute atomic E-state index is 0.207. The zero-order chi connectivity index (χ0) is 25.8. The van der Waals surface area contributed by atoms with Crippen LogP contribution in [0.4, 0.5) is 5.69 Å². The summed E-state index contributed by atoms with van der Waals surface area (Å²) in [4.78, 5) is 24.4. The van der Waals surface area contributed by atoms with E-state index >= 15 is 0 Å². The molecular formula is C31H32N2O4. The van der Waals surface area contributed by atoms with Gasteiger partial charge < -0.3 is 9.57 Å². The summed E-state index contributed by atoms with van der Waals surface area (Å²) < 4.78 is 7.26. The number of carbonyl (C=O) groups excluding carboxylic acids is 1. The van der Waals surface area contributed by atoms with Crippen LogP contribution < -0.4 is 9.90 Å². The quantitative estimate of drug-likeness (QED) is 0.303. The molecule has 5 rings (SSSR count). The molecule has 0 saturated carbocycles. The molecule has 1 aliphatic rings. The molecule has 0 saturated heterocycles. The van der Waals surface area contributed by atoms with Gasteiger partial charge in [0.15, 0.2) is 0 Å². The molecule has 0 radical (unpaired) electrons. The van der Waals surface area contributed by atoms with Gasteiger partial charge in [-0.05, 0) is 35.7 Å². The summed E-state index contributed by atoms with van der Waals surface area (Å²) in [6.07, 6.45) is 0.988. The van der Waals surface area contributed by atoms with Gasteiger partial charge in [-0.2, -0.15) is 4.73 Å². The number of ether oxygens (including phenoxy) is 1. The van der Waals surface area contributed by atoms with Crippen molar-refractivity contribution in [3.8, 4) is 0 Å². The van der Waals surface area contributed by atoms with Crippen molar-refractivity contribution in [1.29, 1.82) is 0 Å². The van der Waals surface area contributed by atoms with Crippen LogP contribution >= 0.6 is 0 Å². The number of rotatable bonds is 7. The molecule has 0 spiro atoms. The molecule has 0 amide bonds. The van der Waals surface area contributed by atoms with Gasteiger partial charge in [0, 0.05) is 25.3 Å². The van der Waals surface area contributed by atoms with Crippen molar-refractivity contribution in [3.05, 3.63) is 125 Å². The highest BCUT2D eigenvalue weighted by Crippen LogP contribution is 2.45. The molecule has 2 heterocycles. The van der Waals surface area contributed by atoms with Gasteiger partial charge in [0.25, 0.3) is 0 Å². The van der Waals surface area contributed by atoms with E-state index in [-0.39, 0.29) is 24.7 Å². The average molecular weight is 497 g/mol. The lowest BCUT2D eigenvalue weighted by Gasteiger charge is -2.34. The average Bonchev–Trinajstić information content (AvgIpc) is 3.07. The van der Waals surface area contributed by atoms with Gasteiger partial charge in [-0.25, -0.2) is 5.06 Å². The van der Waals surface area contributed by atoms with Crippen molar-refractivity contribution in [1.82, 2.24) is 4.73 Å². The van der Waals surface area contributed by atoms with E-state index in [0.717, 1.165) is 33.8 Å². The molecule has 190 valence electrons. The maximum Gasteiger partial charge on any atom is 0.302 e. The second-order valence-corrected chi connectivity index (χ2v) is 9.17. The monoisotopic (exact) mass is 496 g/mol. The Bertz CT molecular complexity index is 1340. The number of hydroxylamine groups is 1. The minimum atomic E-state index is -0.295. The van der Waals surface area contributed by atoms with Crippen molar-refractivity contribution in [2.45, 2.75) is 38.8 Å². The summed E-state index contributed by atoms with van der Waals surface area (Å²) in [5, 5.41) is 2.04. The Morgan fingerprint density at radius 3 is 2.11 bits per heavy atom. The molecule has 2 atom stereocenters. The van der Waals surface area contributed by atoms with E-state index < -0.39 is 0 Å². The lowest BCUT2D eigenvalue weighted by atomic mass is 9.90. The fourth-order valence-corrected chi connectivity index (χ4v) is 5.27. The Labute approximate surface area is 217 Å². The highest BCUT2D eigenvalue weighted by molar-refractivity contribution is 5.66. The summed E-state index contributed by atoms with van der Waals surface area (Å²) in [5.41, 5.74) is 7.47. The number of anilines is 1. The van der Waals surface area contributed by atoms with Gasteiger partial charge in [0.05, 0.1) is 23.7 Å². The second-order valence-electron chi connectivity index (χ2n) is 9.17. The van der Waals surface area contributed by atoms with Crippen LogP contribution in [-0.2, 0) is 27.2 Å². The van der Waals surface area contributed by atoms with Gasteiger partial charge in [0.1, 0.15) is 19.3 Å². The van der Waals surface area contributed by atoms with Gasteiger partial charge in [-0.15, -0.1) is 0 Å². The van der Waals surface area contributed by atoms with E-state index in [9.17, 15) is 4.79 Å². The molecule has 4 aromatic rings. The summed E-state index contributed by atoms with van der Waals surface area (Å²) in [5.74, 6) is -0.295. The molecule has 1 aromatic heterocycles. The number of aromatic nitrogens is 1. The zero-order valence-corrected chi connectivity index (χ0v) is 21.5. The fraction of sp³-hybridized carbons (Fsp3) is 0.258. The molecule has 0 fully saturated rings. The van der Waals surface area contributed by atoms with E-state index in [1.807, 2.05) is 52.3 Å². The summed E-state index contributed by atoms with van der Waals surface area (Å²) in [7, 11) is 1.68. The van der Waals surface area contributed by atoms with Crippen LogP contribution in [0.2, 0.25) is 0 Å². The van der Waals surface area contributed by atoms with Crippen LogP contribution in [0, 0.1) is 6.92 Å². The van der Waals surface area contributed by atoms with Gasteiger partial charge in [0.2, 0.25) is 0 Å². The first-order chi connectivity index (χ1) is 18.1. The second kappa shape index (κ2) is 10.9. The lowest BCUT2D eigenvalue weighted by molar-refractivity contribution is -0.140. The maximum atomic E-state index is 11.6. The fourth-order valence-electron chi connectivity index (χ4n) is 5.27. The minimum Gasteiger partial charge on any atom is -0.465 e. The van der Waals surface area contributed by atoms with Crippen LogP contribution in [0.5, 0.6) is 0 Å². The van der Waals surface area contributed by atoms with Gasteiger partial charge in [-0.1, -0.05) is 78.9 Å². The van der Waals surface area contributed by atoms with E-state index in [1.165, 1.54) is 12.5 Å². The van der Waals surface area contributed by atoms with Crippen LogP contribution in [0.3, 0.4) is 0 Å². The molecular weight excluding hydrogens is 464 g/mol. The van der Waals surface area contributed by atoms with Crippen LogP contribution in [0.25, 0.3) is 0 Å². The summed E-state index contributed by atoms with van der Waals surface area (Å²) in [6, 6.07) is 30.7. The third-order valence-corrected chi connectivity index (χ3v) is 6.88. The standard InChI is InChI=1S/C31H32N2O4/c1-22-27-21-29(24-13-7-4-8-14-24)37-33(26-17-11-6-12-18-26)31(25-15-9-5-10-16-25)30(27)28(32(22)35-3)19-20-36-23(2)34/h4-18,29,31H,19-21H2,1-3H3/t29-,31-/m1/s1. The molecule has 0 bridgehead atoms. The van der Waals surface area contributed by atoms with Gasteiger partial charge in [-0.3, -0.25) is 9.63 Å². The predicted molar refractivity (Wildman–Crippen MR) is 143 cm³/mol. The summed E-state index contributed by atoms with van der Waals surface area (Å²) >= 11 is 0. The largest absolute Gasteiger partial charge is 0.465 e. The first-order valence-electron chi connectivity index (χ1n) is 12.6. The number of fused-ring (bicyclic) bond motifs is 1. The number of carbonyl (C=O) groups is 1. The molecule has 6 nitrogen and oxygen atoms in total. The van der Waals surface area contributed by atoms with Gasteiger partial charge >= 0.3 is 5.97 Å². The number of hydrogen-bond donors (Lipinski definition) is 0. The number of nitrogens with zero attached hydrogens (tertiary/aromatic N) is 2. The Morgan fingerprint density at radius 2 is 1.51 bits per heavy atom. The molecule has 6 heteroatoms. The highest BCUT2D eigenvalue weighted by Gasteiger charge is 2.38.